The lowest BCUT2D eigenvalue weighted by atomic mass is 10.0. The quantitative estimate of drug-likeness (QED) is 0.709. The SMILES string of the molecule is CCC(Oc1cc(C)cc(C)c1)C(=O)NC(CC)c1ccc(OC)c(C)c1. The number of nitrogens with one attached hydrogen (secondary N) is 1. The van der Waals surface area contributed by atoms with Crippen molar-refractivity contribution in [2.24, 2.45) is 0 Å². The lowest BCUT2D eigenvalue weighted by Crippen LogP contribution is -2.40. The van der Waals surface area contributed by atoms with Crippen LogP contribution in [0.15, 0.2) is 36.4 Å². The molecule has 0 aromatic heterocycles. The zero-order chi connectivity index (χ0) is 20.0. The molecule has 27 heavy (non-hydrogen) atoms. The molecule has 0 aliphatic carbocycles. The van der Waals surface area contributed by atoms with Crippen LogP contribution in [-0.2, 0) is 4.79 Å². The third kappa shape index (κ3) is 5.49. The van der Waals surface area contributed by atoms with E-state index in [1.54, 1.807) is 7.11 Å². The Balaban J connectivity index is 2.12. The van der Waals surface area contributed by atoms with Crippen molar-refractivity contribution in [2.75, 3.05) is 7.11 Å². The van der Waals surface area contributed by atoms with Gasteiger partial charge in [0, 0.05) is 0 Å². The first-order valence-corrected chi connectivity index (χ1v) is 9.57. The molecule has 4 nitrogen and oxygen atoms in total. The lowest BCUT2D eigenvalue weighted by Gasteiger charge is -2.23. The Morgan fingerprint density at radius 3 is 2.19 bits per heavy atom. The third-order valence-corrected chi connectivity index (χ3v) is 4.68. The van der Waals surface area contributed by atoms with Gasteiger partial charge < -0.3 is 14.8 Å². The molecule has 2 rings (SSSR count). The second-order valence-corrected chi connectivity index (χ2v) is 7.04. The van der Waals surface area contributed by atoms with Crippen LogP contribution in [0.3, 0.4) is 0 Å². The molecule has 0 fully saturated rings. The Hall–Kier alpha value is -2.49. The van der Waals surface area contributed by atoms with Crippen LogP contribution in [-0.4, -0.2) is 19.1 Å². The van der Waals surface area contributed by atoms with Gasteiger partial charge in [0.05, 0.1) is 13.2 Å². The molecule has 0 aliphatic heterocycles. The Morgan fingerprint density at radius 2 is 1.67 bits per heavy atom. The van der Waals surface area contributed by atoms with Crippen molar-refractivity contribution in [1.82, 2.24) is 5.32 Å². The van der Waals surface area contributed by atoms with Crippen LogP contribution in [0.2, 0.25) is 0 Å². The molecule has 146 valence electrons. The number of methoxy groups -OCH3 is 1. The maximum atomic E-state index is 12.8. The summed E-state index contributed by atoms with van der Waals surface area (Å²) in [5.74, 6) is 1.50. The van der Waals surface area contributed by atoms with Gasteiger partial charge in [-0.15, -0.1) is 0 Å². The van der Waals surface area contributed by atoms with E-state index in [1.165, 1.54) is 0 Å². The fraction of sp³-hybridized carbons (Fsp3) is 0.435. The predicted molar refractivity (Wildman–Crippen MR) is 110 cm³/mol. The zero-order valence-electron chi connectivity index (χ0n) is 17.3. The van der Waals surface area contributed by atoms with E-state index < -0.39 is 6.10 Å². The van der Waals surface area contributed by atoms with Gasteiger partial charge in [-0.25, -0.2) is 0 Å². The van der Waals surface area contributed by atoms with Gasteiger partial charge in [0.25, 0.3) is 5.91 Å². The van der Waals surface area contributed by atoms with Crippen LogP contribution < -0.4 is 14.8 Å². The molecule has 1 amide bonds. The van der Waals surface area contributed by atoms with Gasteiger partial charge in [0.2, 0.25) is 0 Å². The number of hydrogen-bond acceptors (Lipinski definition) is 3. The van der Waals surface area contributed by atoms with Gasteiger partial charge >= 0.3 is 0 Å². The second-order valence-electron chi connectivity index (χ2n) is 7.04. The minimum atomic E-state index is -0.514. The van der Waals surface area contributed by atoms with E-state index in [0.29, 0.717) is 6.42 Å². The number of ether oxygens (including phenoxy) is 2. The predicted octanol–water partition coefficient (Wildman–Crippen LogP) is 5.05. The van der Waals surface area contributed by atoms with Crippen molar-refractivity contribution in [3.8, 4) is 11.5 Å². The Labute approximate surface area is 162 Å². The number of carbonyl (C=O) groups is 1. The summed E-state index contributed by atoms with van der Waals surface area (Å²) in [4.78, 5) is 12.8. The van der Waals surface area contributed by atoms with Gasteiger partial charge in [0.1, 0.15) is 11.5 Å². The molecule has 2 atom stereocenters. The highest BCUT2D eigenvalue weighted by atomic mass is 16.5. The zero-order valence-corrected chi connectivity index (χ0v) is 17.3. The number of carbonyl (C=O) groups excluding carboxylic acids is 1. The van der Waals surface area contributed by atoms with E-state index in [1.807, 2.05) is 52.0 Å². The molecule has 0 saturated heterocycles. The number of benzene rings is 2. The topological polar surface area (TPSA) is 47.6 Å². The summed E-state index contributed by atoms with van der Waals surface area (Å²) in [6.45, 7) is 10.1. The minimum Gasteiger partial charge on any atom is -0.496 e. The minimum absolute atomic E-state index is 0.0565. The standard InChI is InChI=1S/C23H31NO3/c1-7-20(18-9-10-22(26-6)17(5)14-18)24-23(25)21(8-2)27-19-12-15(3)11-16(4)13-19/h9-14,20-21H,7-8H2,1-6H3,(H,24,25). The Bertz CT molecular complexity index is 765. The Morgan fingerprint density at radius 1 is 1.00 bits per heavy atom. The number of hydrogen-bond donors (Lipinski definition) is 1. The molecular formula is C23H31NO3. The fourth-order valence-electron chi connectivity index (χ4n) is 3.29. The van der Waals surface area contributed by atoms with Crippen LogP contribution in [0.4, 0.5) is 0 Å². The highest BCUT2D eigenvalue weighted by Gasteiger charge is 2.22. The van der Waals surface area contributed by atoms with Crippen molar-refractivity contribution in [3.05, 3.63) is 58.7 Å². The molecular weight excluding hydrogens is 338 g/mol. The van der Waals surface area contributed by atoms with E-state index in [9.17, 15) is 4.79 Å². The monoisotopic (exact) mass is 369 g/mol. The Kier molecular flexibility index (Phi) is 7.28. The van der Waals surface area contributed by atoms with Crippen LogP contribution in [0.5, 0.6) is 11.5 Å². The summed E-state index contributed by atoms with van der Waals surface area (Å²) in [7, 11) is 1.66. The third-order valence-electron chi connectivity index (χ3n) is 4.68. The second kappa shape index (κ2) is 9.45. The smallest absolute Gasteiger partial charge is 0.261 e. The van der Waals surface area contributed by atoms with Gasteiger partial charge in [-0.05, 0) is 74.1 Å². The molecule has 0 heterocycles. The summed E-state index contributed by atoms with van der Waals surface area (Å²) in [6.07, 6.45) is 0.897. The summed E-state index contributed by atoms with van der Waals surface area (Å²) in [5.41, 5.74) is 4.38. The van der Waals surface area contributed by atoms with E-state index in [0.717, 1.165) is 40.2 Å². The summed E-state index contributed by atoms with van der Waals surface area (Å²) < 4.78 is 11.3. The van der Waals surface area contributed by atoms with Crippen molar-refractivity contribution in [1.29, 1.82) is 0 Å². The van der Waals surface area contributed by atoms with E-state index in [2.05, 4.69) is 24.4 Å². The first-order chi connectivity index (χ1) is 12.9. The summed E-state index contributed by atoms with van der Waals surface area (Å²) in [5, 5.41) is 3.14. The van der Waals surface area contributed by atoms with Crippen molar-refractivity contribution >= 4 is 5.91 Å². The van der Waals surface area contributed by atoms with Crippen LogP contribution in [0, 0.1) is 20.8 Å². The van der Waals surface area contributed by atoms with Gasteiger partial charge in [0.15, 0.2) is 6.10 Å². The average Bonchev–Trinajstić information content (AvgIpc) is 2.63. The highest BCUT2D eigenvalue weighted by molar-refractivity contribution is 5.81. The molecule has 1 N–H and O–H groups in total. The highest BCUT2D eigenvalue weighted by Crippen LogP contribution is 2.25. The van der Waals surface area contributed by atoms with Gasteiger partial charge in [-0.2, -0.15) is 0 Å². The van der Waals surface area contributed by atoms with E-state index >= 15 is 0 Å². The first kappa shape index (κ1) is 20.8. The number of amides is 1. The van der Waals surface area contributed by atoms with Crippen molar-refractivity contribution in [2.45, 2.75) is 59.6 Å². The number of rotatable bonds is 8. The molecule has 0 radical (unpaired) electrons. The van der Waals surface area contributed by atoms with Crippen LogP contribution >= 0.6 is 0 Å². The van der Waals surface area contributed by atoms with E-state index in [4.69, 9.17) is 9.47 Å². The largest absolute Gasteiger partial charge is 0.496 e. The molecule has 2 aromatic carbocycles. The molecule has 4 heteroatoms. The number of aryl methyl sites for hydroxylation is 3. The molecule has 2 unspecified atom stereocenters. The van der Waals surface area contributed by atoms with Crippen molar-refractivity contribution in [3.63, 3.8) is 0 Å². The van der Waals surface area contributed by atoms with Crippen LogP contribution in [0.25, 0.3) is 0 Å². The molecule has 0 saturated carbocycles. The maximum absolute atomic E-state index is 12.8. The molecule has 0 aliphatic rings. The average molecular weight is 370 g/mol. The van der Waals surface area contributed by atoms with Crippen LogP contribution in [0.1, 0.15) is 55.0 Å². The van der Waals surface area contributed by atoms with Crippen molar-refractivity contribution < 1.29 is 14.3 Å². The normalized spacial score (nSPS) is 13.0. The molecule has 2 aromatic rings. The summed E-state index contributed by atoms with van der Waals surface area (Å²) in [6, 6.07) is 12.0. The molecule has 0 spiro atoms. The molecule has 0 bridgehead atoms. The van der Waals surface area contributed by atoms with E-state index in [-0.39, 0.29) is 11.9 Å². The van der Waals surface area contributed by atoms with Gasteiger partial charge in [-0.1, -0.05) is 32.0 Å². The first-order valence-electron chi connectivity index (χ1n) is 9.57. The van der Waals surface area contributed by atoms with Gasteiger partial charge in [-0.3, -0.25) is 4.79 Å². The maximum Gasteiger partial charge on any atom is 0.261 e. The lowest BCUT2D eigenvalue weighted by molar-refractivity contribution is -0.128. The summed E-state index contributed by atoms with van der Waals surface area (Å²) >= 11 is 0. The fourth-order valence-corrected chi connectivity index (χ4v) is 3.29.